The SMILES string of the molecule is CCCCCCCCCCCCCCC(=O)C(=O)NCC(C)N1CCCC1.I. The van der Waals surface area contributed by atoms with Crippen LogP contribution in [0.15, 0.2) is 0 Å². The molecule has 1 heterocycles. The second-order valence-corrected chi connectivity index (χ2v) is 8.36. The molecular formula is C23H45IN2O2. The molecule has 0 aromatic heterocycles. The van der Waals surface area contributed by atoms with E-state index in [1.54, 1.807) is 0 Å². The molecule has 1 saturated heterocycles. The Morgan fingerprint density at radius 3 is 1.79 bits per heavy atom. The first-order valence-corrected chi connectivity index (χ1v) is 11.7. The zero-order chi connectivity index (χ0) is 19.7. The molecule has 1 fully saturated rings. The molecule has 1 amide bonds. The number of rotatable bonds is 17. The van der Waals surface area contributed by atoms with E-state index in [2.05, 4.69) is 24.1 Å². The van der Waals surface area contributed by atoms with Gasteiger partial charge >= 0.3 is 0 Å². The van der Waals surface area contributed by atoms with Crippen molar-refractivity contribution in [2.24, 2.45) is 0 Å². The van der Waals surface area contributed by atoms with E-state index in [1.807, 2.05) is 0 Å². The van der Waals surface area contributed by atoms with Crippen molar-refractivity contribution >= 4 is 35.7 Å². The first kappa shape index (κ1) is 27.8. The topological polar surface area (TPSA) is 49.4 Å². The van der Waals surface area contributed by atoms with Gasteiger partial charge in [0.25, 0.3) is 5.91 Å². The molecule has 0 bridgehead atoms. The van der Waals surface area contributed by atoms with E-state index in [-0.39, 0.29) is 35.7 Å². The van der Waals surface area contributed by atoms with Crippen molar-refractivity contribution < 1.29 is 9.59 Å². The number of unbranched alkanes of at least 4 members (excludes halogenated alkanes) is 11. The number of ketones is 1. The van der Waals surface area contributed by atoms with Crippen LogP contribution < -0.4 is 5.32 Å². The number of carbonyl (C=O) groups excluding carboxylic acids is 2. The molecule has 1 rings (SSSR count). The van der Waals surface area contributed by atoms with Gasteiger partial charge in [0.15, 0.2) is 0 Å². The molecule has 1 unspecified atom stereocenters. The smallest absolute Gasteiger partial charge is 0.287 e. The molecule has 1 aliphatic heterocycles. The molecule has 0 spiro atoms. The number of hydrogen-bond donors (Lipinski definition) is 1. The highest BCUT2D eigenvalue weighted by Crippen LogP contribution is 2.13. The van der Waals surface area contributed by atoms with E-state index >= 15 is 0 Å². The number of Topliss-reactive ketones (excluding diaryl/α,β-unsaturated/α-hetero) is 1. The molecule has 0 aliphatic carbocycles. The predicted molar refractivity (Wildman–Crippen MR) is 129 cm³/mol. The van der Waals surface area contributed by atoms with Gasteiger partial charge in [0.05, 0.1) is 0 Å². The van der Waals surface area contributed by atoms with E-state index in [0.717, 1.165) is 25.9 Å². The third-order valence-electron chi connectivity index (χ3n) is 5.83. The van der Waals surface area contributed by atoms with Crippen LogP contribution in [-0.4, -0.2) is 42.3 Å². The molecule has 1 atom stereocenters. The largest absolute Gasteiger partial charge is 0.348 e. The van der Waals surface area contributed by atoms with Crippen molar-refractivity contribution in [3.63, 3.8) is 0 Å². The van der Waals surface area contributed by atoms with Gasteiger partial charge in [-0.1, -0.05) is 77.6 Å². The second-order valence-electron chi connectivity index (χ2n) is 8.36. The Bertz CT molecular complexity index is 398. The summed E-state index contributed by atoms with van der Waals surface area (Å²) in [7, 11) is 0. The zero-order valence-electron chi connectivity index (χ0n) is 18.5. The molecule has 0 saturated carbocycles. The number of amides is 1. The van der Waals surface area contributed by atoms with Crippen LogP contribution in [0, 0.1) is 0 Å². The van der Waals surface area contributed by atoms with Gasteiger partial charge < -0.3 is 5.32 Å². The first-order chi connectivity index (χ1) is 13.1. The summed E-state index contributed by atoms with van der Waals surface area (Å²) >= 11 is 0. The molecule has 5 heteroatoms. The third-order valence-corrected chi connectivity index (χ3v) is 5.83. The quantitative estimate of drug-likeness (QED) is 0.152. The summed E-state index contributed by atoms with van der Waals surface area (Å²) in [5.41, 5.74) is 0. The van der Waals surface area contributed by atoms with E-state index in [0.29, 0.717) is 19.0 Å². The Morgan fingerprint density at radius 1 is 0.821 bits per heavy atom. The third kappa shape index (κ3) is 13.9. The molecule has 1 aliphatic rings. The summed E-state index contributed by atoms with van der Waals surface area (Å²) in [5, 5.41) is 2.82. The van der Waals surface area contributed by atoms with E-state index < -0.39 is 0 Å². The summed E-state index contributed by atoms with van der Waals surface area (Å²) in [6.45, 7) is 7.20. The molecule has 0 radical (unpaired) electrons. The van der Waals surface area contributed by atoms with Crippen molar-refractivity contribution in [3.05, 3.63) is 0 Å². The maximum Gasteiger partial charge on any atom is 0.287 e. The highest BCUT2D eigenvalue weighted by molar-refractivity contribution is 14.0. The molecule has 1 N–H and O–H groups in total. The van der Waals surface area contributed by atoms with Crippen LogP contribution in [0.1, 0.15) is 110 Å². The normalized spacial score (nSPS) is 15.2. The summed E-state index contributed by atoms with van der Waals surface area (Å²) < 4.78 is 0. The van der Waals surface area contributed by atoms with Gasteiger partial charge in [0.1, 0.15) is 0 Å². The van der Waals surface area contributed by atoms with Gasteiger partial charge in [-0.05, 0) is 39.3 Å². The van der Waals surface area contributed by atoms with E-state index in [1.165, 1.54) is 77.0 Å². The average Bonchev–Trinajstić information content (AvgIpc) is 3.21. The standard InChI is InChI=1S/C23H44N2O2.HI/c1-3-4-5-6-7-8-9-10-11-12-13-14-17-22(26)23(27)24-20-21(2)25-18-15-16-19-25;/h21H,3-20H2,1-2H3,(H,24,27);1H. The van der Waals surface area contributed by atoms with Crippen LogP contribution >= 0.6 is 24.0 Å². The number of carbonyl (C=O) groups is 2. The van der Waals surface area contributed by atoms with Gasteiger partial charge in [-0.25, -0.2) is 0 Å². The molecule has 166 valence electrons. The minimum atomic E-state index is -0.385. The number of nitrogens with one attached hydrogen (secondary N) is 1. The molecule has 0 aromatic rings. The highest BCUT2D eigenvalue weighted by atomic mass is 127. The van der Waals surface area contributed by atoms with Crippen LogP contribution in [0.2, 0.25) is 0 Å². The lowest BCUT2D eigenvalue weighted by atomic mass is 10.0. The van der Waals surface area contributed by atoms with Crippen LogP contribution in [-0.2, 0) is 9.59 Å². The van der Waals surface area contributed by atoms with E-state index in [4.69, 9.17) is 0 Å². The van der Waals surface area contributed by atoms with Crippen molar-refractivity contribution in [2.75, 3.05) is 19.6 Å². The van der Waals surface area contributed by atoms with Crippen LogP contribution in [0.5, 0.6) is 0 Å². The fourth-order valence-corrected chi connectivity index (χ4v) is 3.89. The van der Waals surface area contributed by atoms with Gasteiger partial charge in [0, 0.05) is 19.0 Å². The van der Waals surface area contributed by atoms with Crippen molar-refractivity contribution in [1.29, 1.82) is 0 Å². The minimum Gasteiger partial charge on any atom is -0.348 e. The van der Waals surface area contributed by atoms with Gasteiger partial charge in [-0.3, -0.25) is 14.5 Å². The predicted octanol–water partition coefficient (Wildman–Crippen LogP) is 5.87. The van der Waals surface area contributed by atoms with Gasteiger partial charge in [-0.2, -0.15) is 0 Å². The van der Waals surface area contributed by atoms with Crippen molar-refractivity contribution in [3.8, 4) is 0 Å². The maximum atomic E-state index is 11.9. The average molecular weight is 509 g/mol. The highest BCUT2D eigenvalue weighted by Gasteiger charge is 2.20. The Morgan fingerprint density at radius 2 is 1.29 bits per heavy atom. The minimum absolute atomic E-state index is 0. The summed E-state index contributed by atoms with van der Waals surface area (Å²) in [4.78, 5) is 26.2. The van der Waals surface area contributed by atoms with Crippen LogP contribution in [0.25, 0.3) is 0 Å². The summed E-state index contributed by atoms with van der Waals surface area (Å²) in [6.07, 6.45) is 18.2. The fraction of sp³-hybridized carbons (Fsp3) is 0.913. The Labute approximate surface area is 191 Å². The first-order valence-electron chi connectivity index (χ1n) is 11.7. The summed E-state index contributed by atoms with van der Waals surface area (Å²) in [6, 6.07) is 0.330. The second kappa shape index (κ2) is 18.8. The molecule has 0 aromatic carbocycles. The monoisotopic (exact) mass is 508 g/mol. The lowest BCUT2D eigenvalue weighted by Crippen LogP contribution is -2.42. The van der Waals surface area contributed by atoms with Gasteiger partial charge in [-0.15, -0.1) is 24.0 Å². The molecular weight excluding hydrogens is 463 g/mol. The Hall–Kier alpha value is -0.170. The maximum absolute atomic E-state index is 11.9. The lowest BCUT2D eigenvalue weighted by molar-refractivity contribution is -0.138. The Kier molecular flexibility index (Phi) is 18.7. The van der Waals surface area contributed by atoms with Gasteiger partial charge in [0.2, 0.25) is 5.78 Å². The van der Waals surface area contributed by atoms with E-state index in [9.17, 15) is 9.59 Å². The fourth-order valence-electron chi connectivity index (χ4n) is 3.89. The molecule has 4 nitrogen and oxygen atoms in total. The lowest BCUT2D eigenvalue weighted by Gasteiger charge is -2.23. The van der Waals surface area contributed by atoms with Crippen LogP contribution in [0.4, 0.5) is 0 Å². The van der Waals surface area contributed by atoms with Crippen molar-refractivity contribution in [1.82, 2.24) is 10.2 Å². The number of halogens is 1. The zero-order valence-corrected chi connectivity index (χ0v) is 20.8. The number of nitrogens with zero attached hydrogens (tertiary/aromatic N) is 1. The Balaban J connectivity index is 0.00000729. The van der Waals surface area contributed by atoms with Crippen molar-refractivity contribution in [2.45, 2.75) is 116 Å². The summed E-state index contributed by atoms with van der Waals surface area (Å²) in [5.74, 6) is -0.625. The number of hydrogen-bond acceptors (Lipinski definition) is 3. The molecule has 28 heavy (non-hydrogen) atoms. The number of likely N-dealkylation sites (tertiary alicyclic amines) is 1. The van der Waals surface area contributed by atoms with Crippen LogP contribution in [0.3, 0.4) is 0 Å².